The fourth-order valence-electron chi connectivity index (χ4n) is 4.23. The van der Waals surface area contributed by atoms with Crippen LogP contribution in [-0.4, -0.2) is 51.8 Å². The molecule has 0 spiro atoms. The zero-order valence-electron chi connectivity index (χ0n) is 19.0. The fraction of sp³-hybridized carbons (Fsp3) is 0.417. The lowest BCUT2D eigenvalue weighted by Gasteiger charge is -2.32. The van der Waals surface area contributed by atoms with E-state index in [0.717, 1.165) is 55.4 Å². The number of anilines is 3. The van der Waals surface area contributed by atoms with Gasteiger partial charge in [-0.15, -0.1) is 10.2 Å². The van der Waals surface area contributed by atoms with Crippen molar-refractivity contribution in [3.63, 3.8) is 0 Å². The standard InChI is InChI=1S/C24H31N7O/c1-4-29(5-2)20-8-9-21(18(3)15-20)26-24(32)19-7-6-13-30(16-19)22-10-11-23(28-27-22)31-14-12-25-17-31/h8-12,14-15,17,19H,4-7,13,16H2,1-3H3,(H,26,32). The molecule has 1 unspecified atom stereocenters. The highest BCUT2D eigenvalue weighted by Gasteiger charge is 2.27. The van der Waals surface area contributed by atoms with E-state index in [1.165, 1.54) is 5.69 Å². The van der Waals surface area contributed by atoms with Crippen molar-refractivity contribution < 1.29 is 4.79 Å². The Bertz CT molecular complexity index is 1030. The van der Waals surface area contributed by atoms with Crippen LogP contribution in [-0.2, 0) is 4.79 Å². The van der Waals surface area contributed by atoms with Crippen LogP contribution in [0, 0.1) is 12.8 Å². The summed E-state index contributed by atoms with van der Waals surface area (Å²) in [6, 6.07) is 10.1. The molecule has 1 aliphatic rings. The number of aryl methyl sites for hydroxylation is 1. The molecule has 0 radical (unpaired) electrons. The molecule has 3 heterocycles. The van der Waals surface area contributed by atoms with Gasteiger partial charge in [0.1, 0.15) is 6.33 Å². The zero-order valence-corrected chi connectivity index (χ0v) is 19.0. The number of carbonyl (C=O) groups excluding carboxylic acids is 1. The summed E-state index contributed by atoms with van der Waals surface area (Å²) in [5.74, 6) is 1.50. The number of nitrogens with one attached hydrogen (secondary N) is 1. The van der Waals surface area contributed by atoms with Gasteiger partial charge in [0, 0.05) is 49.9 Å². The van der Waals surface area contributed by atoms with Crippen molar-refractivity contribution in [3.8, 4) is 5.82 Å². The molecule has 0 bridgehead atoms. The second-order valence-corrected chi connectivity index (χ2v) is 8.17. The highest BCUT2D eigenvalue weighted by atomic mass is 16.1. The first-order valence-electron chi connectivity index (χ1n) is 11.3. The van der Waals surface area contributed by atoms with Gasteiger partial charge in [-0.1, -0.05) is 0 Å². The highest BCUT2D eigenvalue weighted by Crippen LogP contribution is 2.26. The van der Waals surface area contributed by atoms with Gasteiger partial charge in [0.15, 0.2) is 11.6 Å². The molecule has 0 saturated carbocycles. The van der Waals surface area contributed by atoms with E-state index in [9.17, 15) is 4.79 Å². The Morgan fingerprint density at radius 2 is 1.94 bits per heavy atom. The van der Waals surface area contributed by atoms with Gasteiger partial charge in [-0.05, 0) is 69.5 Å². The number of amides is 1. The minimum atomic E-state index is -0.0827. The van der Waals surface area contributed by atoms with Crippen LogP contribution in [0.4, 0.5) is 17.2 Å². The predicted octanol–water partition coefficient (Wildman–Crippen LogP) is 3.67. The maximum absolute atomic E-state index is 13.0. The van der Waals surface area contributed by atoms with Crippen LogP contribution in [0.1, 0.15) is 32.3 Å². The Kier molecular flexibility index (Phi) is 6.68. The molecular formula is C24H31N7O. The summed E-state index contributed by atoms with van der Waals surface area (Å²) in [5.41, 5.74) is 3.15. The van der Waals surface area contributed by atoms with Gasteiger partial charge in [-0.25, -0.2) is 4.98 Å². The Morgan fingerprint density at radius 1 is 1.16 bits per heavy atom. The minimum Gasteiger partial charge on any atom is -0.372 e. The van der Waals surface area contributed by atoms with Crippen molar-refractivity contribution in [3.05, 3.63) is 54.6 Å². The fourth-order valence-corrected chi connectivity index (χ4v) is 4.23. The summed E-state index contributed by atoms with van der Waals surface area (Å²) < 4.78 is 1.82. The number of nitrogens with zero attached hydrogens (tertiary/aromatic N) is 6. The van der Waals surface area contributed by atoms with E-state index in [0.29, 0.717) is 6.54 Å². The molecular weight excluding hydrogens is 402 g/mol. The van der Waals surface area contributed by atoms with E-state index < -0.39 is 0 Å². The topological polar surface area (TPSA) is 79.2 Å². The van der Waals surface area contributed by atoms with Crippen LogP contribution < -0.4 is 15.1 Å². The second kappa shape index (κ2) is 9.80. The molecule has 4 rings (SSSR count). The van der Waals surface area contributed by atoms with Crippen LogP contribution in [0.15, 0.2) is 49.1 Å². The number of hydrogen-bond acceptors (Lipinski definition) is 6. The number of imidazole rings is 1. The molecule has 8 heteroatoms. The third kappa shape index (κ3) is 4.74. The smallest absolute Gasteiger partial charge is 0.229 e. The van der Waals surface area contributed by atoms with Crippen molar-refractivity contribution in [1.82, 2.24) is 19.7 Å². The van der Waals surface area contributed by atoms with Gasteiger partial charge in [-0.2, -0.15) is 0 Å². The average molecular weight is 434 g/mol. The van der Waals surface area contributed by atoms with E-state index >= 15 is 0 Å². The van der Waals surface area contributed by atoms with Crippen molar-refractivity contribution >= 4 is 23.1 Å². The number of piperidine rings is 1. The summed E-state index contributed by atoms with van der Waals surface area (Å²) in [6.07, 6.45) is 7.06. The van der Waals surface area contributed by atoms with Crippen molar-refractivity contribution in [2.24, 2.45) is 5.92 Å². The van der Waals surface area contributed by atoms with Crippen LogP contribution >= 0.6 is 0 Å². The molecule has 1 N–H and O–H groups in total. The molecule has 3 aromatic rings. The lowest BCUT2D eigenvalue weighted by atomic mass is 9.97. The Hall–Kier alpha value is -3.42. The van der Waals surface area contributed by atoms with Crippen LogP contribution in [0.5, 0.6) is 0 Å². The quantitative estimate of drug-likeness (QED) is 0.612. The summed E-state index contributed by atoms with van der Waals surface area (Å²) in [7, 11) is 0. The number of rotatable bonds is 7. The third-order valence-corrected chi connectivity index (χ3v) is 6.12. The molecule has 0 aliphatic carbocycles. The Labute approximate surface area is 189 Å². The van der Waals surface area contributed by atoms with E-state index in [4.69, 9.17) is 0 Å². The van der Waals surface area contributed by atoms with E-state index in [2.05, 4.69) is 56.3 Å². The summed E-state index contributed by atoms with van der Waals surface area (Å²) in [6.45, 7) is 9.80. The minimum absolute atomic E-state index is 0.0661. The van der Waals surface area contributed by atoms with E-state index in [1.54, 1.807) is 12.5 Å². The first-order valence-corrected chi connectivity index (χ1v) is 11.3. The van der Waals surface area contributed by atoms with Crippen molar-refractivity contribution in [2.75, 3.05) is 41.3 Å². The third-order valence-electron chi connectivity index (χ3n) is 6.12. The Balaban J connectivity index is 1.40. The second-order valence-electron chi connectivity index (χ2n) is 8.17. The molecule has 1 aliphatic heterocycles. The van der Waals surface area contributed by atoms with Crippen molar-refractivity contribution in [2.45, 2.75) is 33.6 Å². The van der Waals surface area contributed by atoms with Crippen LogP contribution in [0.3, 0.4) is 0 Å². The van der Waals surface area contributed by atoms with Crippen LogP contribution in [0.25, 0.3) is 5.82 Å². The molecule has 1 atom stereocenters. The van der Waals surface area contributed by atoms with E-state index in [1.807, 2.05) is 35.9 Å². The van der Waals surface area contributed by atoms with Gasteiger partial charge >= 0.3 is 0 Å². The zero-order chi connectivity index (χ0) is 22.5. The van der Waals surface area contributed by atoms with E-state index in [-0.39, 0.29) is 11.8 Å². The van der Waals surface area contributed by atoms with Gasteiger partial charge in [-0.3, -0.25) is 9.36 Å². The summed E-state index contributed by atoms with van der Waals surface area (Å²) in [4.78, 5) is 21.5. The highest BCUT2D eigenvalue weighted by molar-refractivity contribution is 5.94. The number of aromatic nitrogens is 4. The Morgan fingerprint density at radius 3 is 2.59 bits per heavy atom. The first kappa shape index (κ1) is 21.8. The molecule has 1 amide bonds. The predicted molar refractivity (Wildman–Crippen MR) is 127 cm³/mol. The average Bonchev–Trinajstić information content (AvgIpc) is 3.37. The summed E-state index contributed by atoms with van der Waals surface area (Å²) in [5, 5.41) is 11.8. The van der Waals surface area contributed by atoms with Crippen molar-refractivity contribution in [1.29, 1.82) is 0 Å². The number of benzene rings is 1. The van der Waals surface area contributed by atoms with Gasteiger partial charge in [0.25, 0.3) is 0 Å². The molecule has 168 valence electrons. The van der Waals surface area contributed by atoms with Gasteiger partial charge in [0.2, 0.25) is 5.91 Å². The molecule has 8 nitrogen and oxygen atoms in total. The van der Waals surface area contributed by atoms with Crippen LogP contribution in [0.2, 0.25) is 0 Å². The molecule has 2 aromatic heterocycles. The first-order chi connectivity index (χ1) is 15.6. The SMILES string of the molecule is CCN(CC)c1ccc(NC(=O)C2CCCN(c3ccc(-n4ccnc4)nn3)C2)c(C)c1. The molecule has 1 saturated heterocycles. The normalized spacial score (nSPS) is 16.1. The maximum Gasteiger partial charge on any atom is 0.229 e. The lowest BCUT2D eigenvalue weighted by molar-refractivity contribution is -0.120. The molecule has 1 fully saturated rings. The monoisotopic (exact) mass is 433 g/mol. The largest absolute Gasteiger partial charge is 0.372 e. The maximum atomic E-state index is 13.0. The summed E-state index contributed by atoms with van der Waals surface area (Å²) >= 11 is 0. The molecule has 32 heavy (non-hydrogen) atoms. The van der Waals surface area contributed by atoms with Gasteiger partial charge in [0.05, 0.1) is 5.92 Å². The van der Waals surface area contributed by atoms with Gasteiger partial charge < -0.3 is 15.1 Å². The molecule has 1 aromatic carbocycles. The lowest BCUT2D eigenvalue weighted by Crippen LogP contribution is -2.41. The number of hydrogen-bond donors (Lipinski definition) is 1. The number of carbonyl (C=O) groups is 1.